The molecule has 1 aromatic rings. The van der Waals surface area contributed by atoms with Gasteiger partial charge < -0.3 is 5.32 Å². The van der Waals surface area contributed by atoms with Gasteiger partial charge in [0.2, 0.25) is 0 Å². The molecule has 1 aliphatic heterocycles. The van der Waals surface area contributed by atoms with E-state index in [0.29, 0.717) is 6.04 Å². The number of carbonyl (C=O) groups is 1. The molecule has 1 aliphatic carbocycles. The minimum absolute atomic E-state index is 0.0606. The lowest BCUT2D eigenvalue weighted by Crippen LogP contribution is -2.37. The van der Waals surface area contributed by atoms with Gasteiger partial charge in [-0.05, 0) is 25.2 Å². The number of fused-ring (bicyclic) bond motifs is 1. The minimum Gasteiger partial charge on any atom is -0.304 e. The zero-order valence-corrected chi connectivity index (χ0v) is 10.1. The summed E-state index contributed by atoms with van der Waals surface area (Å²) >= 11 is 0. The van der Waals surface area contributed by atoms with Crippen molar-refractivity contribution in [1.29, 1.82) is 0 Å². The normalized spacial score (nSPS) is 32.1. The second-order valence-electron chi connectivity index (χ2n) is 5.34. The van der Waals surface area contributed by atoms with Crippen molar-refractivity contribution in [2.45, 2.75) is 44.2 Å². The predicted molar refractivity (Wildman–Crippen MR) is 68.1 cm³/mol. The van der Waals surface area contributed by atoms with Gasteiger partial charge in [0.05, 0.1) is 6.04 Å². The molecule has 2 fully saturated rings. The van der Waals surface area contributed by atoms with Crippen LogP contribution in [0.15, 0.2) is 30.3 Å². The topological polar surface area (TPSA) is 29.1 Å². The molecule has 0 unspecified atom stereocenters. The van der Waals surface area contributed by atoms with Crippen molar-refractivity contribution in [3.8, 4) is 0 Å². The molecule has 90 valence electrons. The van der Waals surface area contributed by atoms with E-state index in [-0.39, 0.29) is 11.8 Å². The summed E-state index contributed by atoms with van der Waals surface area (Å²) in [7, 11) is 0. The maximum Gasteiger partial charge on any atom is 0.179 e. The SMILES string of the molecule is O=C(c1ccccc1)[C@@H]1C[C@@H]2CCCC[C@@H]2N1. The van der Waals surface area contributed by atoms with Crippen LogP contribution in [-0.4, -0.2) is 17.9 Å². The highest BCUT2D eigenvalue weighted by atomic mass is 16.1. The molecule has 1 heterocycles. The van der Waals surface area contributed by atoms with Crippen molar-refractivity contribution in [2.75, 3.05) is 0 Å². The summed E-state index contributed by atoms with van der Waals surface area (Å²) in [6.07, 6.45) is 6.26. The van der Waals surface area contributed by atoms with Gasteiger partial charge in [-0.2, -0.15) is 0 Å². The van der Waals surface area contributed by atoms with Gasteiger partial charge in [0.1, 0.15) is 0 Å². The van der Waals surface area contributed by atoms with Crippen LogP contribution in [0.4, 0.5) is 0 Å². The number of hydrogen-bond donors (Lipinski definition) is 1. The van der Waals surface area contributed by atoms with Crippen molar-refractivity contribution in [3.05, 3.63) is 35.9 Å². The predicted octanol–water partition coefficient (Wildman–Crippen LogP) is 2.79. The lowest BCUT2D eigenvalue weighted by molar-refractivity contribution is 0.0949. The Morgan fingerprint density at radius 1 is 1.12 bits per heavy atom. The third-order valence-corrected chi connectivity index (χ3v) is 4.24. The highest BCUT2D eigenvalue weighted by Crippen LogP contribution is 2.34. The number of benzene rings is 1. The summed E-state index contributed by atoms with van der Waals surface area (Å²) in [4.78, 5) is 12.3. The van der Waals surface area contributed by atoms with Crippen LogP contribution in [-0.2, 0) is 0 Å². The summed E-state index contributed by atoms with van der Waals surface area (Å²) in [5.74, 6) is 1.02. The Balaban J connectivity index is 1.72. The first-order valence-electron chi connectivity index (χ1n) is 6.70. The van der Waals surface area contributed by atoms with E-state index >= 15 is 0 Å². The standard InChI is InChI=1S/C15H19NO/c17-15(11-6-2-1-3-7-11)14-10-12-8-4-5-9-13(12)16-14/h1-3,6-7,12-14,16H,4-5,8-10H2/t12-,13-,14-/m0/s1. The molecule has 2 heteroatoms. The van der Waals surface area contributed by atoms with E-state index in [0.717, 1.165) is 17.9 Å². The minimum atomic E-state index is 0.0606. The zero-order valence-electron chi connectivity index (χ0n) is 10.1. The van der Waals surface area contributed by atoms with Crippen molar-refractivity contribution in [3.63, 3.8) is 0 Å². The first kappa shape index (κ1) is 11.0. The van der Waals surface area contributed by atoms with Gasteiger partial charge >= 0.3 is 0 Å². The van der Waals surface area contributed by atoms with Gasteiger partial charge in [-0.1, -0.05) is 43.2 Å². The summed E-state index contributed by atoms with van der Waals surface area (Å²) in [5, 5.41) is 3.54. The Bertz CT molecular complexity index is 387. The number of ketones is 1. The Labute approximate surface area is 102 Å². The number of carbonyl (C=O) groups excluding carboxylic acids is 1. The number of Topliss-reactive ketones (excluding diaryl/α,β-unsaturated/α-hetero) is 1. The molecule has 1 aromatic carbocycles. The zero-order chi connectivity index (χ0) is 11.7. The van der Waals surface area contributed by atoms with Crippen LogP contribution in [0, 0.1) is 5.92 Å². The fraction of sp³-hybridized carbons (Fsp3) is 0.533. The smallest absolute Gasteiger partial charge is 0.179 e. The molecule has 17 heavy (non-hydrogen) atoms. The summed E-state index contributed by atoms with van der Waals surface area (Å²) in [6, 6.07) is 10.3. The van der Waals surface area contributed by atoms with Crippen LogP contribution < -0.4 is 5.32 Å². The molecule has 0 aromatic heterocycles. The summed E-state index contributed by atoms with van der Waals surface area (Å²) in [6.45, 7) is 0. The molecule has 2 aliphatic rings. The monoisotopic (exact) mass is 229 g/mol. The van der Waals surface area contributed by atoms with Crippen LogP contribution in [0.3, 0.4) is 0 Å². The Morgan fingerprint density at radius 3 is 2.65 bits per heavy atom. The van der Waals surface area contributed by atoms with E-state index in [1.54, 1.807) is 0 Å². The second kappa shape index (κ2) is 4.61. The van der Waals surface area contributed by atoms with Gasteiger partial charge in [-0.3, -0.25) is 4.79 Å². The van der Waals surface area contributed by atoms with Crippen LogP contribution in [0.25, 0.3) is 0 Å². The van der Waals surface area contributed by atoms with Gasteiger partial charge in [0.15, 0.2) is 5.78 Å². The lowest BCUT2D eigenvalue weighted by atomic mass is 9.84. The molecule has 1 saturated heterocycles. The average Bonchev–Trinajstić information content (AvgIpc) is 2.82. The number of nitrogens with one attached hydrogen (secondary N) is 1. The molecule has 0 amide bonds. The Kier molecular flexibility index (Phi) is 2.98. The maximum absolute atomic E-state index is 12.3. The van der Waals surface area contributed by atoms with Crippen LogP contribution >= 0.6 is 0 Å². The third kappa shape index (κ3) is 2.14. The molecule has 3 rings (SSSR count). The molecule has 0 bridgehead atoms. The molecule has 3 atom stereocenters. The van der Waals surface area contributed by atoms with Gasteiger partial charge in [-0.25, -0.2) is 0 Å². The molecular formula is C15H19NO. The van der Waals surface area contributed by atoms with Gasteiger partial charge in [0, 0.05) is 11.6 Å². The first-order chi connectivity index (χ1) is 8.34. The molecule has 1 saturated carbocycles. The van der Waals surface area contributed by atoms with E-state index < -0.39 is 0 Å². The van der Waals surface area contributed by atoms with Gasteiger partial charge in [-0.15, -0.1) is 0 Å². The molecule has 0 spiro atoms. The highest BCUT2D eigenvalue weighted by molar-refractivity contribution is 6.00. The summed E-state index contributed by atoms with van der Waals surface area (Å²) in [5.41, 5.74) is 0.851. The third-order valence-electron chi connectivity index (χ3n) is 4.24. The van der Waals surface area contributed by atoms with E-state index in [2.05, 4.69) is 5.32 Å². The molecule has 2 nitrogen and oxygen atoms in total. The largest absolute Gasteiger partial charge is 0.304 e. The number of hydrogen-bond acceptors (Lipinski definition) is 2. The first-order valence-corrected chi connectivity index (χ1v) is 6.70. The number of rotatable bonds is 2. The van der Waals surface area contributed by atoms with Crippen LogP contribution in [0.1, 0.15) is 42.5 Å². The quantitative estimate of drug-likeness (QED) is 0.790. The fourth-order valence-electron chi connectivity index (χ4n) is 3.32. The second-order valence-corrected chi connectivity index (χ2v) is 5.34. The van der Waals surface area contributed by atoms with Crippen molar-refractivity contribution in [2.24, 2.45) is 5.92 Å². The highest BCUT2D eigenvalue weighted by Gasteiger charge is 2.38. The van der Waals surface area contributed by atoms with E-state index in [9.17, 15) is 4.79 Å². The van der Waals surface area contributed by atoms with Crippen molar-refractivity contribution < 1.29 is 4.79 Å². The van der Waals surface area contributed by atoms with E-state index in [1.807, 2.05) is 30.3 Å². The van der Waals surface area contributed by atoms with E-state index in [1.165, 1.54) is 25.7 Å². The molecule has 0 radical (unpaired) electrons. The Hall–Kier alpha value is -1.15. The van der Waals surface area contributed by atoms with Crippen LogP contribution in [0.2, 0.25) is 0 Å². The summed E-state index contributed by atoms with van der Waals surface area (Å²) < 4.78 is 0. The average molecular weight is 229 g/mol. The Morgan fingerprint density at radius 2 is 1.88 bits per heavy atom. The fourth-order valence-corrected chi connectivity index (χ4v) is 3.32. The maximum atomic E-state index is 12.3. The van der Waals surface area contributed by atoms with Gasteiger partial charge in [0.25, 0.3) is 0 Å². The van der Waals surface area contributed by atoms with Crippen molar-refractivity contribution >= 4 is 5.78 Å². The molecular weight excluding hydrogens is 210 g/mol. The van der Waals surface area contributed by atoms with Crippen LogP contribution in [0.5, 0.6) is 0 Å². The van der Waals surface area contributed by atoms with Crippen molar-refractivity contribution in [1.82, 2.24) is 5.32 Å². The lowest BCUT2D eigenvalue weighted by Gasteiger charge is -2.24. The molecule has 1 N–H and O–H groups in total. The van der Waals surface area contributed by atoms with E-state index in [4.69, 9.17) is 0 Å².